The van der Waals surface area contributed by atoms with Crippen LogP contribution in [0.5, 0.6) is 0 Å². The van der Waals surface area contributed by atoms with Gasteiger partial charge < -0.3 is 5.32 Å². The number of alkyl halides is 1. The molecule has 0 heterocycles. The molecule has 1 unspecified atom stereocenters. The van der Waals surface area contributed by atoms with E-state index in [-0.39, 0.29) is 5.54 Å². The summed E-state index contributed by atoms with van der Waals surface area (Å²) in [6, 6.07) is 6.86. The zero-order valence-corrected chi connectivity index (χ0v) is 10.1. The van der Waals surface area contributed by atoms with E-state index in [2.05, 4.69) is 5.32 Å². The number of hydrogen-bond acceptors (Lipinski definition) is 1. The Morgan fingerprint density at radius 2 is 1.80 bits per heavy atom. The molecule has 0 bridgehead atoms. The molecule has 1 aromatic carbocycles. The zero-order valence-electron chi connectivity index (χ0n) is 9.35. The fraction of sp³-hybridized carbons (Fsp3) is 0.500. The van der Waals surface area contributed by atoms with Crippen molar-refractivity contribution in [1.82, 2.24) is 5.32 Å². The lowest BCUT2D eigenvalue weighted by atomic mass is 10.1. The van der Waals surface area contributed by atoms with Crippen molar-refractivity contribution >= 4 is 11.6 Å². The van der Waals surface area contributed by atoms with Gasteiger partial charge in [0.05, 0.1) is 0 Å². The van der Waals surface area contributed by atoms with Gasteiger partial charge in [0.25, 0.3) is 0 Å². The summed E-state index contributed by atoms with van der Waals surface area (Å²) >= 11 is 5.73. The van der Waals surface area contributed by atoms with E-state index in [0.29, 0.717) is 17.1 Å². The molecule has 84 valence electrons. The molecular formula is C12H17ClFN. The zero-order chi connectivity index (χ0) is 11.5. The van der Waals surface area contributed by atoms with E-state index in [1.54, 1.807) is 24.3 Å². The maximum absolute atomic E-state index is 13.7. The molecule has 0 saturated heterocycles. The van der Waals surface area contributed by atoms with Crippen LogP contribution in [-0.4, -0.2) is 12.1 Å². The lowest BCUT2D eigenvalue weighted by Gasteiger charge is -2.22. The summed E-state index contributed by atoms with van der Waals surface area (Å²) in [5.74, 6) is 0. The van der Waals surface area contributed by atoms with Gasteiger partial charge in [-0.25, -0.2) is 4.39 Å². The Hall–Kier alpha value is -0.600. The van der Waals surface area contributed by atoms with Crippen molar-refractivity contribution in [3.63, 3.8) is 0 Å². The second-order valence-corrected chi connectivity index (χ2v) is 5.09. The molecular weight excluding hydrogens is 213 g/mol. The first kappa shape index (κ1) is 12.5. The number of nitrogens with one attached hydrogen (secondary N) is 1. The van der Waals surface area contributed by atoms with Crippen molar-refractivity contribution in [1.29, 1.82) is 0 Å². The van der Waals surface area contributed by atoms with Crippen LogP contribution in [0.2, 0.25) is 5.02 Å². The van der Waals surface area contributed by atoms with Crippen LogP contribution in [0.4, 0.5) is 4.39 Å². The van der Waals surface area contributed by atoms with Gasteiger partial charge in [-0.15, -0.1) is 0 Å². The lowest BCUT2D eigenvalue weighted by Crippen LogP contribution is -2.37. The minimum Gasteiger partial charge on any atom is -0.309 e. The largest absolute Gasteiger partial charge is 0.309 e. The smallest absolute Gasteiger partial charge is 0.138 e. The lowest BCUT2D eigenvalue weighted by molar-refractivity contribution is 0.291. The van der Waals surface area contributed by atoms with Crippen LogP contribution in [0.15, 0.2) is 24.3 Å². The average Bonchev–Trinajstić information content (AvgIpc) is 2.14. The molecule has 1 N–H and O–H groups in total. The Morgan fingerprint density at radius 3 is 2.27 bits per heavy atom. The van der Waals surface area contributed by atoms with Crippen LogP contribution in [-0.2, 0) is 0 Å². The molecule has 15 heavy (non-hydrogen) atoms. The van der Waals surface area contributed by atoms with Crippen LogP contribution in [0.3, 0.4) is 0 Å². The first-order chi connectivity index (χ1) is 6.88. The van der Waals surface area contributed by atoms with Gasteiger partial charge >= 0.3 is 0 Å². The van der Waals surface area contributed by atoms with Gasteiger partial charge in [0.1, 0.15) is 6.17 Å². The molecule has 0 aliphatic heterocycles. The molecule has 0 aliphatic carbocycles. The summed E-state index contributed by atoms with van der Waals surface area (Å²) in [4.78, 5) is 0. The summed E-state index contributed by atoms with van der Waals surface area (Å²) in [7, 11) is 0. The Bertz CT molecular complexity index is 302. The van der Waals surface area contributed by atoms with E-state index < -0.39 is 6.17 Å². The third kappa shape index (κ3) is 4.63. The van der Waals surface area contributed by atoms with Gasteiger partial charge in [-0.2, -0.15) is 0 Å². The molecule has 1 aromatic rings. The topological polar surface area (TPSA) is 12.0 Å². The second-order valence-electron chi connectivity index (χ2n) is 4.65. The van der Waals surface area contributed by atoms with E-state index in [4.69, 9.17) is 11.6 Å². The number of rotatable bonds is 3. The summed E-state index contributed by atoms with van der Waals surface area (Å²) in [5.41, 5.74) is 0.604. The predicted octanol–water partition coefficient (Wildman–Crippen LogP) is 3.74. The molecule has 0 aliphatic rings. The first-order valence-corrected chi connectivity index (χ1v) is 5.41. The van der Waals surface area contributed by atoms with Gasteiger partial charge in [0.15, 0.2) is 0 Å². The Morgan fingerprint density at radius 1 is 1.27 bits per heavy atom. The predicted molar refractivity (Wildman–Crippen MR) is 63.1 cm³/mol. The quantitative estimate of drug-likeness (QED) is 0.833. The highest BCUT2D eigenvalue weighted by Gasteiger charge is 2.14. The number of hydrogen-bond donors (Lipinski definition) is 1. The van der Waals surface area contributed by atoms with Gasteiger partial charge in [0.2, 0.25) is 0 Å². The highest BCUT2D eigenvalue weighted by Crippen LogP contribution is 2.19. The Labute approximate surface area is 95.6 Å². The van der Waals surface area contributed by atoms with Crippen molar-refractivity contribution in [3.8, 4) is 0 Å². The van der Waals surface area contributed by atoms with Crippen LogP contribution in [0.1, 0.15) is 32.5 Å². The van der Waals surface area contributed by atoms with Crippen molar-refractivity contribution in [2.75, 3.05) is 6.54 Å². The summed E-state index contributed by atoms with van der Waals surface area (Å²) in [6.07, 6.45) is -0.985. The molecule has 0 saturated carbocycles. The summed E-state index contributed by atoms with van der Waals surface area (Å²) in [6.45, 7) is 6.37. The minimum absolute atomic E-state index is 0.0588. The average molecular weight is 230 g/mol. The molecule has 1 rings (SSSR count). The SMILES string of the molecule is CC(C)(C)NCC(F)c1ccc(Cl)cc1. The monoisotopic (exact) mass is 229 g/mol. The molecule has 3 heteroatoms. The summed E-state index contributed by atoms with van der Waals surface area (Å²) in [5, 5.41) is 3.76. The molecule has 1 atom stereocenters. The molecule has 0 amide bonds. The van der Waals surface area contributed by atoms with Crippen molar-refractivity contribution in [3.05, 3.63) is 34.9 Å². The fourth-order valence-electron chi connectivity index (χ4n) is 1.19. The van der Waals surface area contributed by atoms with Gasteiger partial charge in [-0.05, 0) is 38.5 Å². The van der Waals surface area contributed by atoms with Gasteiger partial charge in [-0.3, -0.25) is 0 Å². The van der Waals surface area contributed by atoms with E-state index in [1.807, 2.05) is 20.8 Å². The third-order valence-corrected chi connectivity index (χ3v) is 2.30. The van der Waals surface area contributed by atoms with E-state index >= 15 is 0 Å². The highest BCUT2D eigenvalue weighted by atomic mass is 35.5. The number of benzene rings is 1. The molecule has 0 spiro atoms. The van der Waals surface area contributed by atoms with Crippen LogP contribution in [0, 0.1) is 0 Å². The van der Waals surface area contributed by atoms with Crippen molar-refractivity contribution < 1.29 is 4.39 Å². The number of halogens is 2. The molecule has 1 nitrogen and oxygen atoms in total. The van der Waals surface area contributed by atoms with E-state index in [9.17, 15) is 4.39 Å². The van der Waals surface area contributed by atoms with Crippen LogP contribution < -0.4 is 5.32 Å². The minimum atomic E-state index is -0.985. The van der Waals surface area contributed by atoms with Crippen LogP contribution >= 0.6 is 11.6 Å². The maximum atomic E-state index is 13.7. The van der Waals surface area contributed by atoms with Crippen LogP contribution in [0.25, 0.3) is 0 Å². The Kier molecular flexibility index (Phi) is 4.12. The molecule has 0 fully saturated rings. The van der Waals surface area contributed by atoms with Crippen molar-refractivity contribution in [2.24, 2.45) is 0 Å². The van der Waals surface area contributed by atoms with Gasteiger partial charge in [0, 0.05) is 17.1 Å². The Balaban J connectivity index is 2.54. The van der Waals surface area contributed by atoms with Crippen molar-refractivity contribution in [2.45, 2.75) is 32.5 Å². The highest BCUT2D eigenvalue weighted by molar-refractivity contribution is 6.30. The third-order valence-electron chi connectivity index (χ3n) is 2.04. The second kappa shape index (κ2) is 4.95. The van der Waals surface area contributed by atoms with E-state index in [0.717, 1.165) is 0 Å². The maximum Gasteiger partial charge on any atom is 0.138 e. The normalized spacial score (nSPS) is 13.9. The first-order valence-electron chi connectivity index (χ1n) is 5.03. The molecule has 0 aromatic heterocycles. The summed E-state index contributed by atoms with van der Waals surface area (Å²) < 4.78 is 13.7. The van der Waals surface area contributed by atoms with E-state index in [1.165, 1.54) is 0 Å². The molecule has 0 radical (unpaired) electrons. The van der Waals surface area contributed by atoms with Gasteiger partial charge in [-0.1, -0.05) is 23.7 Å². The standard InChI is InChI=1S/C12H17ClFN/c1-12(2,3)15-8-11(14)9-4-6-10(13)7-5-9/h4-7,11,15H,8H2,1-3H3. The fourth-order valence-corrected chi connectivity index (χ4v) is 1.31.